The van der Waals surface area contributed by atoms with Gasteiger partial charge in [-0.1, -0.05) is 54.6 Å². The van der Waals surface area contributed by atoms with E-state index in [2.05, 4.69) is 11.4 Å². The lowest BCUT2D eigenvalue weighted by atomic mass is 9.93. The average Bonchev–Trinajstić information content (AvgIpc) is 3.15. The summed E-state index contributed by atoms with van der Waals surface area (Å²) in [5.74, 6) is -0.0875. The van der Waals surface area contributed by atoms with Crippen LogP contribution in [0.5, 0.6) is 5.75 Å². The summed E-state index contributed by atoms with van der Waals surface area (Å²) in [4.78, 5) is 39.2. The van der Waals surface area contributed by atoms with Crippen molar-refractivity contribution in [3.63, 3.8) is 0 Å². The third-order valence-electron chi connectivity index (χ3n) is 6.56. The maximum atomic E-state index is 12.9. The minimum Gasteiger partial charge on any atom is -0.493 e. The third kappa shape index (κ3) is 5.02. The van der Waals surface area contributed by atoms with Crippen LogP contribution in [-0.2, 0) is 22.6 Å². The Bertz CT molecular complexity index is 1240. The van der Waals surface area contributed by atoms with Crippen molar-refractivity contribution >= 4 is 17.8 Å². The van der Waals surface area contributed by atoms with E-state index in [0.29, 0.717) is 29.9 Å². The predicted molar refractivity (Wildman–Crippen MR) is 134 cm³/mol. The van der Waals surface area contributed by atoms with Crippen LogP contribution in [0.15, 0.2) is 72.8 Å². The van der Waals surface area contributed by atoms with E-state index in [1.54, 1.807) is 24.3 Å². The molecule has 0 saturated heterocycles. The summed E-state index contributed by atoms with van der Waals surface area (Å²) in [5.41, 5.74) is 3.95. The number of amides is 2. The Morgan fingerprint density at radius 3 is 2.39 bits per heavy atom. The number of imide groups is 1. The summed E-state index contributed by atoms with van der Waals surface area (Å²) in [7, 11) is 0. The highest BCUT2D eigenvalue weighted by Crippen LogP contribution is 2.34. The molecule has 0 bridgehead atoms. The molecule has 1 atom stereocenters. The van der Waals surface area contributed by atoms with Gasteiger partial charge in [-0.25, -0.2) is 0 Å². The van der Waals surface area contributed by atoms with Gasteiger partial charge in [0.25, 0.3) is 11.8 Å². The Morgan fingerprint density at radius 1 is 0.917 bits per heavy atom. The molecular weight excluding hydrogens is 456 g/mol. The molecule has 7 heteroatoms. The Morgan fingerprint density at radius 2 is 1.64 bits per heavy atom. The van der Waals surface area contributed by atoms with E-state index in [4.69, 9.17) is 9.47 Å². The number of hydrogen-bond acceptors (Lipinski definition) is 6. The van der Waals surface area contributed by atoms with Gasteiger partial charge in [0.15, 0.2) is 0 Å². The Balaban J connectivity index is 1.20. The van der Waals surface area contributed by atoms with E-state index < -0.39 is 0 Å². The Kier molecular flexibility index (Phi) is 7.09. The molecule has 0 aromatic heterocycles. The zero-order valence-corrected chi connectivity index (χ0v) is 19.9. The van der Waals surface area contributed by atoms with Gasteiger partial charge in [0.2, 0.25) is 0 Å². The first-order chi connectivity index (χ1) is 17.6. The maximum absolute atomic E-state index is 12.9. The lowest BCUT2D eigenvalue weighted by Crippen LogP contribution is -2.41. The fourth-order valence-corrected chi connectivity index (χ4v) is 4.76. The molecular formula is C29H28N2O5. The summed E-state index contributed by atoms with van der Waals surface area (Å²) >= 11 is 0. The van der Waals surface area contributed by atoms with Crippen LogP contribution < -0.4 is 10.1 Å². The average molecular weight is 485 g/mol. The van der Waals surface area contributed by atoms with Crippen molar-refractivity contribution in [1.29, 1.82) is 0 Å². The van der Waals surface area contributed by atoms with Crippen molar-refractivity contribution in [2.45, 2.75) is 31.9 Å². The zero-order chi connectivity index (χ0) is 24.9. The molecule has 2 aliphatic heterocycles. The predicted octanol–water partition coefficient (Wildman–Crippen LogP) is 4.07. The van der Waals surface area contributed by atoms with E-state index in [9.17, 15) is 14.4 Å². The van der Waals surface area contributed by atoms with Crippen molar-refractivity contribution in [3.8, 4) is 5.75 Å². The van der Waals surface area contributed by atoms with Crippen molar-refractivity contribution < 1.29 is 23.9 Å². The molecule has 0 unspecified atom stereocenters. The van der Waals surface area contributed by atoms with Gasteiger partial charge in [0, 0.05) is 18.5 Å². The highest BCUT2D eigenvalue weighted by atomic mass is 16.5. The van der Waals surface area contributed by atoms with Gasteiger partial charge in [-0.05, 0) is 48.7 Å². The number of nitrogens with one attached hydrogen (secondary N) is 1. The molecule has 2 aliphatic rings. The normalized spacial score (nSPS) is 16.4. The van der Waals surface area contributed by atoms with E-state index in [1.165, 1.54) is 4.90 Å². The number of hydrogen-bond donors (Lipinski definition) is 1. The third-order valence-corrected chi connectivity index (χ3v) is 6.56. The molecule has 0 spiro atoms. The first-order valence-electron chi connectivity index (χ1n) is 12.2. The highest BCUT2D eigenvalue weighted by molar-refractivity contribution is 6.21. The van der Waals surface area contributed by atoms with Gasteiger partial charge in [-0.2, -0.15) is 0 Å². The molecule has 3 aromatic rings. The summed E-state index contributed by atoms with van der Waals surface area (Å²) in [5, 5.41) is 3.45. The molecule has 0 aliphatic carbocycles. The second-order valence-electron chi connectivity index (χ2n) is 8.95. The van der Waals surface area contributed by atoms with Gasteiger partial charge in [0.05, 0.1) is 23.8 Å². The summed E-state index contributed by atoms with van der Waals surface area (Å²) < 4.78 is 11.4. The Labute approximate surface area is 210 Å². The van der Waals surface area contributed by atoms with Gasteiger partial charge >= 0.3 is 5.97 Å². The number of rotatable bonds is 9. The molecule has 7 nitrogen and oxygen atoms in total. The molecule has 36 heavy (non-hydrogen) atoms. The quantitative estimate of drug-likeness (QED) is 0.280. The van der Waals surface area contributed by atoms with Crippen molar-refractivity contribution in [2.24, 2.45) is 0 Å². The second kappa shape index (κ2) is 10.7. The summed E-state index contributed by atoms with van der Waals surface area (Å²) in [6.07, 6.45) is 1.61. The number of benzene rings is 3. The SMILES string of the molecule is O=C(CCCOc1cccc2c1[C@@H](CN1C(=O)c3ccccc3C1=O)NCC2)OCc1ccccc1. The van der Waals surface area contributed by atoms with Crippen LogP contribution in [0.25, 0.3) is 0 Å². The first kappa shape index (κ1) is 23.8. The molecule has 5 rings (SSSR count). The van der Waals surface area contributed by atoms with Crippen LogP contribution >= 0.6 is 0 Å². The van der Waals surface area contributed by atoms with Crippen LogP contribution in [0.4, 0.5) is 0 Å². The smallest absolute Gasteiger partial charge is 0.306 e. The standard InChI is InChI=1S/C29H28N2O5/c32-26(36-19-20-8-2-1-3-9-20)14-7-17-35-25-13-6-10-21-15-16-30-24(27(21)25)18-31-28(33)22-11-4-5-12-23(22)29(31)34/h1-6,8-13,24,30H,7,14-19H2/t24-/m1/s1. The van der Waals surface area contributed by atoms with Crippen LogP contribution in [0, 0.1) is 0 Å². The molecule has 184 valence electrons. The van der Waals surface area contributed by atoms with E-state index >= 15 is 0 Å². The molecule has 2 amide bonds. The first-order valence-corrected chi connectivity index (χ1v) is 12.2. The zero-order valence-electron chi connectivity index (χ0n) is 19.9. The van der Waals surface area contributed by atoms with Gasteiger partial charge in [-0.3, -0.25) is 19.3 Å². The minimum absolute atomic E-state index is 0.228. The lowest BCUT2D eigenvalue weighted by molar-refractivity contribution is -0.145. The number of fused-ring (bicyclic) bond motifs is 2. The van der Waals surface area contributed by atoms with Crippen LogP contribution in [-0.4, -0.2) is 42.4 Å². The molecule has 2 heterocycles. The number of carbonyl (C=O) groups excluding carboxylic acids is 3. The summed E-state index contributed by atoms with van der Waals surface area (Å²) in [6.45, 7) is 1.59. The number of ether oxygens (including phenoxy) is 2. The second-order valence-corrected chi connectivity index (χ2v) is 8.95. The highest BCUT2D eigenvalue weighted by Gasteiger charge is 2.38. The lowest BCUT2D eigenvalue weighted by Gasteiger charge is -2.31. The number of esters is 1. The van der Waals surface area contributed by atoms with Gasteiger partial charge in [0.1, 0.15) is 12.4 Å². The van der Waals surface area contributed by atoms with Gasteiger partial charge < -0.3 is 14.8 Å². The van der Waals surface area contributed by atoms with E-state index in [0.717, 1.165) is 29.7 Å². The van der Waals surface area contributed by atoms with Crippen LogP contribution in [0.1, 0.15) is 56.3 Å². The van der Waals surface area contributed by atoms with Crippen LogP contribution in [0.2, 0.25) is 0 Å². The largest absolute Gasteiger partial charge is 0.493 e. The Hall–Kier alpha value is -3.97. The van der Waals surface area contributed by atoms with Crippen molar-refractivity contribution in [3.05, 3.63) is 101 Å². The number of nitrogens with zero attached hydrogens (tertiary/aromatic N) is 1. The molecule has 0 saturated carbocycles. The fraction of sp³-hybridized carbons (Fsp3) is 0.276. The van der Waals surface area contributed by atoms with Crippen molar-refractivity contribution in [2.75, 3.05) is 19.7 Å². The van der Waals surface area contributed by atoms with E-state index in [1.807, 2.05) is 42.5 Å². The van der Waals surface area contributed by atoms with Crippen LogP contribution in [0.3, 0.4) is 0 Å². The topological polar surface area (TPSA) is 84.9 Å². The number of carbonyl (C=O) groups is 3. The summed E-state index contributed by atoms with van der Waals surface area (Å²) in [6, 6.07) is 22.2. The monoisotopic (exact) mass is 484 g/mol. The van der Waals surface area contributed by atoms with E-state index in [-0.39, 0.29) is 43.4 Å². The minimum atomic E-state index is -0.267. The molecule has 0 fully saturated rings. The molecule has 1 N–H and O–H groups in total. The molecule has 0 radical (unpaired) electrons. The fourth-order valence-electron chi connectivity index (χ4n) is 4.76. The molecule has 3 aromatic carbocycles. The van der Waals surface area contributed by atoms with Gasteiger partial charge in [-0.15, -0.1) is 0 Å². The van der Waals surface area contributed by atoms with Crippen molar-refractivity contribution in [1.82, 2.24) is 10.2 Å². The maximum Gasteiger partial charge on any atom is 0.306 e.